The maximum absolute atomic E-state index is 12.9. The lowest BCUT2D eigenvalue weighted by Crippen LogP contribution is -2.47. The van der Waals surface area contributed by atoms with Crippen LogP contribution in [0, 0.1) is 0 Å². The van der Waals surface area contributed by atoms with Crippen molar-refractivity contribution in [2.75, 3.05) is 31.1 Å². The Hall–Kier alpha value is -2.74. The number of likely N-dealkylation sites (tertiary alicyclic amines) is 1. The molecule has 14 heteroatoms. The third-order valence-corrected chi connectivity index (χ3v) is 6.72. The smallest absolute Gasteiger partial charge is 0.434 e. The second-order valence-corrected chi connectivity index (χ2v) is 9.22. The van der Waals surface area contributed by atoms with Gasteiger partial charge in [-0.3, -0.25) is 9.59 Å². The molecule has 0 saturated carbocycles. The Kier molecular flexibility index (Phi) is 7.59. The van der Waals surface area contributed by atoms with E-state index in [9.17, 15) is 22.8 Å². The molecule has 2 aliphatic heterocycles. The highest BCUT2D eigenvalue weighted by atomic mass is 79.9. The lowest BCUT2D eigenvalue weighted by Gasteiger charge is -2.37. The Balaban J connectivity index is 1.24. The summed E-state index contributed by atoms with van der Waals surface area (Å²) in [4.78, 5) is 35.6. The van der Waals surface area contributed by atoms with E-state index >= 15 is 0 Å². The van der Waals surface area contributed by atoms with E-state index < -0.39 is 29.6 Å². The molecule has 35 heavy (non-hydrogen) atoms. The summed E-state index contributed by atoms with van der Waals surface area (Å²) in [7, 11) is 0. The lowest BCUT2D eigenvalue weighted by atomic mass is 10.0. The molecule has 0 bridgehead atoms. The van der Waals surface area contributed by atoms with Crippen molar-refractivity contribution in [2.45, 2.75) is 50.6 Å². The highest BCUT2D eigenvalue weighted by molar-refractivity contribution is 9.10. The summed E-state index contributed by atoms with van der Waals surface area (Å²) in [5.74, 6) is 0.597. The molecule has 2 saturated heterocycles. The van der Waals surface area contributed by atoms with Gasteiger partial charge >= 0.3 is 6.18 Å². The van der Waals surface area contributed by atoms with E-state index in [4.69, 9.17) is 9.47 Å². The maximum atomic E-state index is 12.9. The van der Waals surface area contributed by atoms with Gasteiger partial charge in [0.2, 0.25) is 0 Å². The van der Waals surface area contributed by atoms with Gasteiger partial charge < -0.3 is 19.3 Å². The quantitative estimate of drug-likeness (QED) is 0.549. The van der Waals surface area contributed by atoms with Crippen LogP contribution in [0.3, 0.4) is 0 Å². The number of hydrogen-bond donors (Lipinski definition) is 1. The zero-order valence-electron chi connectivity index (χ0n) is 18.8. The van der Waals surface area contributed by atoms with Gasteiger partial charge in [0.25, 0.3) is 11.5 Å². The van der Waals surface area contributed by atoms with Crippen LogP contribution in [0.15, 0.2) is 27.9 Å². The minimum absolute atomic E-state index is 0.0292. The van der Waals surface area contributed by atoms with Crippen LogP contribution in [0.4, 0.5) is 19.0 Å². The summed E-state index contributed by atoms with van der Waals surface area (Å²) >= 11 is 3.15. The molecule has 0 radical (unpaired) electrons. The molecule has 4 heterocycles. The molecule has 1 amide bonds. The second-order valence-electron chi connectivity index (χ2n) is 8.42. The molecule has 190 valence electrons. The molecule has 1 unspecified atom stereocenters. The number of hydrogen-bond acceptors (Lipinski definition) is 8. The molecule has 2 aliphatic rings. The summed E-state index contributed by atoms with van der Waals surface area (Å²) in [6.07, 6.45) is -0.342. The number of ether oxygens (including phenoxy) is 2. The molecule has 0 aromatic carbocycles. The summed E-state index contributed by atoms with van der Waals surface area (Å²) in [6, 6.07) is 0.0292. The van der Waals surface area contributed by atoms with Crippen LogP contribution in [0.25, 0.3) is 0 Å². The summed E-state index contributed by atoms with van der Waals surface area (Å²) in [6.45, 7) is 3.63. The Labute approximate surface area is 207 Å². The van der Waals surface area contributed by atoms with Crippen LogP contribution in [0.1, 0.15) is 31.9 Å². The van der Waals surface area contributed by atoms with Crippen molar-refractivity contribution in [3.8, 4) is 5.75 Å². The van der Waals surface area contributed by atoms with Crippen molar-refractivity contribution in [1.29, 1.82) is 0 Å². The zero-order valence-corrected chi connectivity index (χ0v) is 20.4. The minimum Gasteiger partial charge on any atom is -0.485 e. The van der Waals surface area contributed by atoms with E-state index in [1.807, 2.05) is 9.80 Å². The van der Waals surface area contributed by atoms with Crippen molar-refractivity contribution in [2.24, 2.45) is 0 Å². The molecule has 10 nitrogen and oxygen atoms in total. The summed E-state index contributed by atoms with van der Waals surface area (Å²) in [5.41, 5.74) is -1.43. The van der Waals surface area contributed by atoms with Crippen molar-refractivity contribution < 1.29 is 27.4 Å². The minimum atomic E-state index is -4.52. The lowest BCUT2D eigenvalue weighted by molar-refractivity contribution is -0.141. The number of alkyl halides is 3. The fourth-order valence-corrected chi connectivity index (χ4v) is 4.47. The molecule has 0 aliphatic carbocycles. The number of nitrogens with one attached hydrogen (secondary N) is 1. The number of halogens is 4. The number of piperidine rings is 1. The van der Waals surface area contributed by atoms with Crippen LogP contribution < -0.4 is 15.2 Å². The molecule has 4 rings (SSSR count). The first kappa shape index (κ1) is 25.4. The second kappa shape index (κ2) is 10.5. The SMILES string of the molecule is CC(CO[C@@H]1CCN(C2CCN(c3cnc(C(F)(F)F)cn3)CC2)C1=O)Oc1cn[nH]c(=O)c1Br. The van der Waals surface area contributed by atoms with Crippen LogP contribution in [0.5, 0.6) is 5.75 Å². The molecular weight excluding hydrogens is 537 g/mol. The van der Waals surface area contributed by atoms with Crippen LogP contribution >= 0.6 is 15.9 Å². The maximum Gasteiger partial charge on any atom is 0.434 e. The van der Waals surface area contributed by atoms with Gasteiger partial charge in [0, 0.05) is 32.1 Å². The third-order valence-electron chi connectivity index (χ3n) is 5.97. The topological polar surface area (TPSA) is 114 Å². The Bertz CT molecular complexity index is 1090. The van der Waals surface area contributed by atoms with Crippen molar-refractivity contribution in [3.05, 3.63) is 39.1 Å². The highest BCUT2D eigenvalue weighted by Gasteiger charge is 2.38. The van der Waals surface area contributed by atoms with Gasteiger partial charge in [-0.25, -0.2) is 15.1 Å². The first-order valence-corrected chi connectivity index (χ1v) is 11.9. The Morgan fingerprint density at radius 3 is 2.54 bits per heavy atom. The van der Waals surface area contributed by atoms with Crippen molar-refractivity contribution in [1.82, 2.24) is 25.1 Å². The van der Waals surface area contributed by atoms with Crippen LogP contribution in [0.2, 0.25) is 0 Å². The van der Waals surface area contributed by atoms with Gasteiger partial charge in [0.1, 0.15) is 22.5 Å². The first-order valence-electron chi connectivity index (χ1n) is 11.1. The third kappa shape index (κ3) is 5.92. The van der Waals surface area contributed by atoms with Crippen LogP contribution in [-0.2, 0) is 15.7 Å². The average Bonchev–Trinajstić information content (AvgIpc) is 3.20. The number of H-pyrrole nitrogens is 1. The number of anilines is 1. The fraction of sp³-hybridized carbons (Fsp3) is 0.571. The Morgan fingerprint density at radius 1 is 1.14 bits per heavy atom. The number of rotatable bonds is 7. The van der Waals surface area contributed by atoms with E-state index in [0.29, 0.717) is 44.7 Å². The molecule has 2 aromatic heterocycles. The largest absolute Gasteiger partial charge is 0.485 e. The Morgan fingerprint density at radius 2 is 1.89 bits per heavy atom. The van der Waals surface area contributed by atoms with Crippen molar-refractivity contribution in [3.63, 3.8) is 0 Å². The zero-order chi connectivity index (χ0) is 25.2. The molecule has 2 fully saturated rings. The van der Waals surface area contributed by atoms with E-state index in [1.165, 1.54) is 6.20 Å². The average molecular weight is 561 g/mol. The highest BCUT2D eigenvalue weighted by Crippen LogP contribution is 2.29. The number of carbonyl (C=O) groups is 1. The monoisotopic (exact) mass is 560 g/mol. The van der Waals surface area contributed by atoms with Crippen LogP contribution in [-0.4, -0.2) is 75.5 Å². The summed E-state index contributed by atoms with van der Waals surface area (Å²) in [5, 5.41) is 5.98. The summed E-state index contributed by atoms with van der Waals surface area (Å²) < 4.78 is 49.8. The number of amides is 1. The predicted molar refractivity (Wildman–Crippen MR) is 121 cm³/mol. The molecule has 1 N–H and O–H groups in total. The molecule has 2 aromatic rings. The molecular formula is C21H24BrF3N6O4. The van der Waals surface area contributed by atoms with Gasteiger partial charge in [-0.15, -0.1) is 0 Å². The standard InChI is InChI=1S/C21H24BrF3N6O4/c1-12(35-15-8-28-29-19(32)18(15)22)11-34-14-4-7-31(20(14)33)13-2-5-30(6-3-13)17-10-26-16(9-27-17)21(23,24)25/h8-10,12-14H,2-7,11H2,1H3,(H,29,32)/t12?,14-/m1/s1. The van der Waals surface area contributed by atoms with Gasteiger partial charge in [-0.1, -0.05) is 0 Å². The predicted octanol–water partition coefficient (Wildman–Crippen LogP) is 2.39. The van der Waals surface area contributed by atoms with E-state index in [2.05, 4.69) is 36.1 Å². The fourth-order valence-electron chi connectivity index (χ4n) is 4.18. The van der Waals surface area contributed by atoms with Gasteiger partial charge in [0.15, 0.2) is 11.4 Å². The molecule has 2 atom stereocenters. The number of aromatic amines is 1. The normalized spacial score (nSPS) is 20.4. The van der Waals surface area contributed by atoms with E-state index in [1.54, 1.807) is 6.92 Å². The number of nitrogens with zero attached hydrogens (tertiary/aromatic N) is 5. The number of aromatic nitrogens is 4. The van der Waals surface area contributed by atoms with Gasteiger partial charge in [-0.05, 0) is 35.7 Å². The number of carbonyl (C=O) groups excluding carboxylic acids is 1. The molecule has 0 spiro atoms. The van der Waals surface area contributed by atoms with E-state index in [-0.39, 0.29) is 28.8 Å². The van der Waals surface area contributed by atoms with Crippen molar-refractivity contribution >= 4 is 27.7 Å². The van der Waals surface area contributed by atoms with E-state index in [0.717, 1.165) is 12.4 Å². The van der Waals surface area contributed by atoms with Gasteiger partial charge in [0.05, 0.1) is 25.2 Å². The first-order chi connectivity index (χ1) is 16.6. The van der Waals surface area contributed by atoms with Gasteiger partial charge in [-0.2, -0.15) is 18.3 Å².